The maximum Gasteiger partial charge on any atom is 0.179 e. The third-order valence-electron chi connectivity index (χ3n) is 1.92. The number of aryl methyl sites for hydroxylation is 1. The molecule has 0 amide bonds. The smallest absolute Gasteiger partial charge is 0.179 e. The van der Waals surface area contributed by atoms with Crippen LogP contribution in [-0.2, 0) is 6.42 Å². The van der Waals surface area contributed by atoms with E-state index in [2.05, 4.69) is 15.5 Å². The fourth-order valence-corrected chi connectivity index (χ4v) is 1.24. The summed E-state index contributed by atoms with van der Waals surface area (Å²) in [6.45, 7) is 0.716. The van der Waals surface area contributed by atoms with Crippen molar-refractivity contribution in [3.63, 3.8) is 0 Å². The van der Waals surface area contributed by atoms with Gasteiger partial charge in [0.2, 0.25) is 0 Å². The number of hydrogen-bond acceptors (Lipinski definition) is 4. The number of rotatable bonds is 3. The van der Waals surface area contributed by atoms with E-state index >= 15 is 0 Å². The lowest BCUT2D eigenvalue weighted by Gasteiger charge is -1.98. The van der Waals surface area contributed by atoms with Gasteiger partial charge in [0.05, 0.1) is 0 Å². The highest BCUT2D eigenvalue weighted by Gasteiger charge is 1.97. The van der Waals surface area contributed by atoms with Gasteiger partial charge in [-0.1, -0.05) is 6.07 Å². The largest absolute Gasteiger partial charge is 0.330 e. The molecule has 13 heavy (non-hydrogen) atoms. The van der Waals surface area contributed by atoms with Crippen LogP contribution in [0.25, 0.3) is 5.65 Å². The number of tetrazole rings is 1. The van der Waals surface area contributed by atoms with Crippen molar-refractivity contribution in [3.8, 4) is 0 Å². The van der Waals surface area contributed by atoms with E-state index in [0.29, 0.717) is 6.54 Å². The molecule has 2 aromatic rings. The Morgan fingerprint density at radius 2 is 2.31 bits per heavy atom. The Morgan fingerprint density at radius 1 is 1.38 bits per heavy atom. The van der Waals surface area contributed by atoms with Gasteiger partial charge in [0.1, 0.15) is 0 Å². The lowest BCUT2D eigenvalue weighted by atomic mass is 10.1. The topological polar surface area (TPSA) is 69.1 Å². The van der Waals surface area contributed by atoms with Crippen LogP contribution in [0.15, 0.2) is 18.3 Å². The van der Waals surface area contributed by atoms with Crippen LogP contribution in [0, 0.1) is 0 Å². The second-order valence-electron chi connectivity index (χ2n) is 2.91. The normalized spacial score (nSPS) is 10.8. The van der Waals surface area contributed by atoms with Crippen molar-refractivity contribution in [1.82, 2.24) is 20.0 Å². The van der Waals surface area contributed by atoms with E-state index in [9.17, 15) is 0 Å². The van der Waals surface area contributed by atoms with E-state index in [0.717, 1.165) is 18.5 Å². The summed E-state index contributed by atoms with van der Waals surface area (Å²) in [6, 6.07) is 3.94. The molecule has 0 radical (unpaired) electrons. The van der Waals surface area contributed by atoms with E-state index in [1.165, 1.54) is 5.56 Å². The van der Waals surface area contributed by atoms with Crippen molar-refractivity contribution in [1.29, 1.82) is 0 Å². The zero-order chi connectivity index (χ0) is 9.10. The van der Waals surface area contributed by atoms with Crippen LogP contribution < -0.4 is 5.73 Å². The minimum Gasteiger partial charge on any atom is -0.330 e. The van der Waals surface area contributed by atoms with Crippen LogP contribution in [-0.4, -0.2) is 26.6 Å². The predicted molar refractivity (Wildman–Crippen MR) is 48.2 cm³/mol. The maximum atomic E-state index is 5.42. The van der Waals surface area contributed by atoms with Crippen LogP contribution in [0.4, 0.5) is 0 Å². The van der Waals surface area contributed by atoms with Gasteiger partial charge in [0.15, 0.2) is 5.65 Å². The van der Waals surface area contributed by atoms with Gasteiger partial charge in [0, 0.05) is 6.20 Å². The Balaban J connectivity index is 2.26. The van der Waals surface area contributed by atoms with E-state index in [-0.39, 0.29) is 0 Å². The molecule has 0 spiro atoms. The minimum absolute atomic E-state index is 0.716. The number of nitrogens with zero attached hydrogens (tertiary/aromatic N) is 4. The molecule has 2 N–H and O–H groups in total. The molecule has 2 heterocycles. The highest BCUT2D eigenvalue weighted by molar-refractivity contribution is 5.36. The molecule has 0 bridgehead atoms. The van der Waals surface area contributed by atoms with Gasteiger partial charge < -0.3 is 5.73 Å². The van der Waals surface area contributed by atoms with Crippen LogP contribution in [0.5, 0.6) is 0 Å². The van der Waals surface area contributed by atoms with Gasteiger partial charge in [-0.25, -0.2) is 4.52 Å². The second-order valence-corrected chi connectivity index (χ2v) is 2.91. The standard InChI is InChI=1S/C8H11N5/c9-5-1-2-7-3-4-8-10-11-12-13(8)6-7/h3-4,6H,1-2,5,9H2. The van der Waals surface area contributed by atoms with Crippen LogP contribution in [0.2, 0.25) is 0 Å². The first-order valence-electron chi connectivity index (χ1n) is 4.27. The highest BCUT2D eigenvalue weighted by Crippen LogP contribution is 2.04. The summed E-state index contributed by atoms with van der Waals surface area (Å²) in [6.07, 6.45) is 3.91. The summed E-state index contributed by atoms with van der Waals surface area (Å²) < 4.78 is 1.67. The van der Waals surface area contributed by atoms with Gasteiger partial charge in [0.25, 0.3) is 0 Å². The van der Waals surface area contributed by atoms with Crippen molar-refractivity contribution < 1.29 is 0 Å². The van der Waals surface area contributed by atoms with Crippen molar-refractivity contribution in [2.45, 2.75) is 12.8 Å². The quantitative estimate of drug-likeness (QED) is 0.717. The molecule has 2 rings (SSSR count). The molecule has 0 aliphatic heterocycles. The van der Waals surface area contributed by atoms with Crippen molar-refractivity contribution in [2.75, 3.05) is 6.54 Å². The molecule has 5 heteroatoms. The number of pyridine rings is 1. The fraction of sp³-hybridized carbons (Fsp3) is 0.375. The molecule has 0 fully saturated rings. The number of fused-ring (bicyclic) bond motifs is 1. The van der Waals surface area contributed by atoms with Gasteiger partial charge in [-0.3, -0.25) is 0 Å². The summed E-state index contributed by atoms with van der Waals surface area (Å²) in [4.78, 5) is 0. The molecule has 68 valence electrons. The Bertz CT molecular complexity index is 394. The predicted octanol–water partition coefficient (Wildman–Crippen LogP) is 0.0156. The van der Waals surface area contributed by atoms with Crippen LogP contribution in [0.1, 0.15) is 12.0 Å². The van der Waals surface area contributed by atoms with Crippen molar-refractivity contribution in [3.05, 3.63) is 23.9 Å². The van der Waals surface area contributed by atoms with Crippen molar-refractivity contribution >= 4 is 5.65 Å². The molecular weight excluding hydrogens is 166 g/mol. The summed E-state index contributed by atoms with van der Waals surface area (Å²) in [7, 11) is 0. The number of aromatic nitrogens is 4. The van der Waals surface area contributed by atoms with Crippen LogP contribution in [0.3, 0.4) is 0 Å². The average Bonchev–Trinajstić information content (AvgIpc) is 2.61. The Kier molecular flexibility index (Phi) is 2.18. The third-order valence-corrected chi connectivity index (χ3v) is 1.92. The van der Waals surface area contributed by atoms with E-state index in [1.807, 2.05) is 18.3 Å². The van der Waals surface area contributed by atoms with Gasteiger partial charge in [-0.15, -0.1) is 5.10 Å². The molecular formula is C8H11N5. The summed E-state index contributed by atoms with van der Waals surface area (Å²) in [5.41, 5.74) is 7.41. The lowest BCUT2D eigenvalue weighted by Crippen LogP contribution is -2.01. The van der Waals surface area contributed by atoms with Gasteiger partial charge in [-0.05, 0) is 41.4 Å². The Hall–Kier alpha value is -1.49. The first-order chi connectivity index (χ1) is 6.40. The molecule has 0 aromatic carbocycles. The monoisotopic (exact) mass is 177 g/mol. The number of hydrogen-bond donors (Lipinski definition) is 1. The fourth-order valence-electron chi connectivity index (χ4n) is 1.24. The SMILES string of the molecule is NCCCc1ccc2nnnn2c1. The Labute approximate surface area is 75.5 Å². The average molecular weight is 177 g/mol. The molecule has 0 atom stereocenters. The first kappa shape index (κ1) is 8.12. The second kappa shape index (κ2) is 3.49. The molecule has 0 saturated carbocycles. The molecule has 2 aromatic heterocycles. The third kappa shape index (κ3) is 1.65. The van der Waals surface area contributed by atoms with Gasteiger partial charge in [-0.2, -0.15) is 0 Å². The first-order valence-corrected chi connectivity index (χ1v) is 4.27. The van der Waals surface area contributed by atoms with Gasteiger partial charge >= 0.3 is 0 Å². The molecule has 0 aliphatic rings. The highest BCUT2D eigenvalue weighted by atomic mass is 15.5. The van der Waals surface area contributed by atoms with E-state index in [1.54, 1.807) is 4.52 Å². The summed E-state index contributed by atoms with van der Waals surface area (Å²) >= 11 is 0. The zero-order valence-corrected chi connectivity index (χ0v) is 7.22. The molecule has 0 aliphatic carbocycles. The van der Waals surface area contributed by atoms with Crippen LogP contribution >= 0.6 is 0 Å². The number of nitrogens with two attached hydrogens (primary N) is 1. The van der Waals surface area contributed by atoms with E-state index in [4.69, 9.17) is 5.73 Å². The molecule has 0 unspecified atom stereocenters. The molecule has 0 saturated heterocycles. The molecule has 5 nitrogen and oxygen atoms in total. The van der Waals surface area contributed by atoms with Crippen molar-refractivity contribution in [2.24, 2.45) is 5.73 Å². The zero-order valence-electron chi connectivity index (χ0n) is 7.22. The maximum absolute atomic E-state index is 5.42. The minimum atomic E-state index is 0.716. The van der Waals surface area contributed by atoms with E-state index < -0.39 is 0 Å². The summed E-state index contributed by atoms with van der Waals surface area (Å²) in [5.74, 6) is 0. The Morgan fingerprint density at radius 3 is 3.15 bits per heavy atom. The summed E-state index contributed by atoms with van der Waals surface area (Å²) in [5, 5.41) is 11.2. The lowest BCUT2D eigenvalue weighted by molar-refractivity contribution is 0.795.